The first kappa shape index (κ1) is 66.9. The Bertz CT molecular complexity index is 7440. The molecule has 21 aromatic rings. The minimum atomic E-state index is -0.0934. The lowest BCUT2D eigenvalue weighted by molar-refractivity contribution is 0.666. The van der Waals surface area contributed by atoms with Gasteiger partial charge in [-0.25, -0.2) is 0 Å². The molecule has 0 saturated carbocycles. The van der Waals surface area contributed by atoms with Crippen LogP contribution < -0.4 is 0 Å². The van der Waals surface area contributed by atoms with Crippen molar-refractivity contribution in [3.63, 3.8) is 0 Å². The van der Waals surface area contributed by atoms with E-state index in [9.17, 15) is 0 Å². The lowest BCUT2D eigenvalue weighted by Gasteiger charge is -2.23. The van der Waals surface area contributed by atoms with Gasteiger partial charge in [0, 0.05) is 10.8 Å². The molecule has 21 aromatic carbocycles. The summed E-state index contributed by atoms with van der Waals surface area (Å²) < 4.78 is 0. The Morgan fingerprint density at radius 3 is 0.904 bits per heavy atom. The molecule has 0 heteroatoms. The van der Waals surface area contributed by atoms with E-state index in [2.05, 4.69) is 428 Å². The van der Waals surface area contributed by atoms with Gasteiger partial charge < -0.3 is 0 Å². The molecule has 0 nitrogen and oxygen atoms in total. The van der Waals surface area contributed by atoms with Gasteiger partial charge in [-0.3, -0.25) is 0 Å². The lowest BCUT2D eigenvalue weighted by Crippen LogP contribution is -2.15. The molecule has 0 unspecified atom stereocenters. The summed E-state index contributed by atoms with van der Waals surface area (Å²) in [6, 6.07) is 149. The average molecular weight is 1450 g/mol. The Balaban J connectivity index is 0.000000139. The quantitative estimate of drug-likeness (QED) is 0.105. The summed E-state index contributed by atoms with van der Waals surface area (Å²) in [5.74, 6) is 0. The predicted octanol–water partition coefficient (Wildman–Crippen LogP) is 31.7. The van der Waals surface area contributed by atoms with Crippen LogP contribution in [0, 0.1) is 0 Å². The first-order valence-electron chi connectivity index (χ1n) is 40.1. The molecule has 0 saturated heterocycles. The molecule has 0 fully saturated rings. The Hall–Kier alpha value is -14.0. The normalized spacial score (nSPS) is 13.1. The maximum atomic E-state index is 2.40. The molecule has 0 aliphatic heterocycles. The van der Waals surface area contributed by atoms with E-state index in [1.165, 1.54) is 230 Å². The number of fused-ring (bicyclic) bond motifs is 18. The van der Waals surface area contributed by atoms with E-state index < -0.39 is 0 Å². The first-order chi connectivity index (χ1) is 56.1. The van der Waals surface area contributed by atoms with E-state index in [4.69, 9.17) is 0 Å². The van der Waals surface area contributed by atoms with Crippen molar-refractivity contribution in [3.8, 4) is 111 Å². The number of rotatable bonds is 8. The topological polar surface area (TPSA) is 0 Å². The minimum Gasteiger partial charge on any atom is -0.0616 e. The first-order valence-corrected chi connectivity index (χ1v) is 40.1. The van der Waals surface area contributed by atoms with Crippen LogP contribution in [0.3, 0.4) is 0 Å². The Morgan fingerprint density at radius 1 is 0.140 bits per heavy atom. The molecule has 0 spiro atoms. The monoisotopic (exact) mass is 1450 g/mol. The van der Waals surface area contributed by atoms with E-state index >= 15 is 0 Å². The van der Waals surface area contributed by atoms with Gasteiger partial charge in [0.05, 0.1) is 0 Å². The molecule has 0 atom stereocenters. The van der Waals surface area contributed by atoms with E-state index in [1.54, 1.807) is 0 Å². The second-order valence-electron chi connectivity index (χ2n) is 32.4. The minimum absolute atomic E-state index is 0.0855. The fraction of sp³-hybridized carbons (Fsp3) is 0.0526. The molecule has 534 valence electrons. The van der Waals surface area contributed by atoms with Gasteiger partial charge in [0.2, 0.25) is 0 Å². The third-order valence-corrected chi connectivity index (χ3v) is 25.4. The van der Waals surface area contributed by atoms with Crippen LogP contribution in [0.15, 0.2) is 400 Å². The highest BCUT2D eigenvalue weighted by molar-refractivity contribution is 6.24. The van der Waals surface area contributed by atoms with Crippen molar-refractivity contribution in [2.45, 2.75) is 38.5 Å². The van der Waals surface area contributed by atoms with E-state index in [-0.39, 0.29) is 10.8 Å². The third kappa shape index (κ3) is 10.5. The molecule has 0 bridgehead atoms. The second kappa shape index (κ2) is 26.3. The molecule has 114 heavy (non-hydrogen) atoms. The molecule has 2 aliphatic carbocycles. The van der Waals surface area contributed by atoms with Crippen molar-refractivity contribution < 1.29 is 0 Å². The third-order valence-electron chi connectivity index (χ3n) is 25.4. The molecule has 0 heterocycles. The van der Waals surface area contributed by atoms with Crippen LogP contribution in [0.4, 0.5) is 0 Å². The zero-order chi connectivity index (χ0) is 75.9. The zero-order valence-corrected chi connectivity index (χ0v) is 64.1. The number of benzene rings is 21. The predicted molar refractivity (Wildman–Crippen MR) is 489 cm³/mol. The van der Waals surface area contributed by atoms with Crippen molar-refractivity contribution in [3.05, 3.63) is 423 Å². The van der Waals surface area contributed by atoms with Gasteiger partial charge in [-0.15, -0.1) is 0 Å². The molecule has 0 amide bonds. The van der Waals surface area contributed by atoms with E-state index in [1.807, 2.05) is 0 Å². The summed E-state index contributed by atoms with van der Waals surface area (Å²) in [6.45, 7) is 9.54. The van der Waals surface area contributed by atoms with Crippen LogP contribution in [-0.2, 0) is 10.8 Å². The van der Waals surface area contributed by atoms with Gasteiger partial charge in [-0.1, -0.05) is 410 Å². The molecule has 23 rings (SSSR count). The van der Waals surface area contributed by atoms with Gasteiger partial charge in [-0.2, -0.15) is 0 Å². The zero-order valence-electron chi connectivity index (χ0n) is 64.1. The van der Waals surface area contributed by atoms with Gasteiger partial charge in [0.25, 0.3) is 0 Å². The van der Waals surface area contributed by atoms with Crippen LogP contribution >= 0.6 is 0 Å². The maximum absolute atomic E-state index is 2.40. The highest BCUT2D eigenvalue weighted by Crippen LogP contribution is 2.57. The summed E-state index contributed by atoms with van der Waals surface area (Å²) in [7, 11) is 0. The highest BCUT2D eigenvalue weighted by atomic mass is 14.4. The van der Waals surface area contributed by atoms with Gasteiger partial charge in [-0.05, 0) is 249 Å². The van der Waals surface area contributed by atoms with Crippen LogP contribution in [0.1, 0.15) is 49.9 Å². The Labute approximate surface area is 664 Å². The Morgan fingerprint density at radius 2 is 0.456 bits per heavy atom. The fourth-order valence-corrected chi connectivity index (χ4v) is 20.3. The smallest absolute Gasteiger partial charge is 0.0165 e. The van der Waals surface area contributed by atoms with Crippen molar-refractivity contribution in [2.24, 2.45) is 0 Å². The maximum Gasteiger partial charge on any atom is 0.0165 e. The summed E-state index contributed by atoms with van der Waals surface area (Å²) in [5, 5.41) is 23.1. The molecular weight excluding hydrogens is 1370 g/mol. The van der Waals surface area contributed by atoms with Crippen molar-refractivity contribution in [2.75, 3.05) is 0 Å². The molecule has 0 N–H and O–H groups in total. The fourth-order valence-electron chi connectivity index (χ4n) is 20.3. The molecular formula is C114H78. The van der Waals surface area contributed by atoms with Crippen LogP contribution in [0.2, 0.25) is 0 Å². The van der Waals surface area contributed by atoms with E-state index in [0.717, 1.165) is 0 Å². The van der Waals surface area contributed by atoms with Gasteiger partial charge >= 0.3 is 0 Å². The molecule has 0 aromatic heterocycles. The van der Waals surface area contributed by atoms with Crippen molar-refractivity contribution in [1.29, 1.82) is 0 Å². The second-order valence-corrected chi connectivity index (χ2v) is 32.4. The highest BCUT2D eigenvalue weighted by Gasteiger charge is 2.40. The van der Waals surface area contributed by atoms with Crippen LogP contribution in [-0.4, -0.2) is 0 Å². The van der Waals surface area contributed by atoms with Gasteiger partial charge in [0.1, 0.15) is 0 Å². The van der Waals surface area contributed by atoms with E-state index in [0.29, 0.717) is 0 Å². The average Bonchev–Trinajstić information content (AvgIpc) is 1.56. The summed E-state index contributed by atoms with van der Waals surface area (Å²) in [4.78, 5) is 0. The largest absolute Gasteiger partial charge is 0.0616 e. The number of hydrogen-bond acceptors (Lipinski definition) is 0. The van der Waals surface area contributed by atoms with Gasteiger partial charge in [0.15, 0.2) is 0 Å². The lowest BCUT2D eigenvalue weighted by atomic mass is 9.80. The van der Waals surface area contributed by atoms with Crippen LogP contribution in [0.25, 0.3) is 208 Å². The number of hydrogen-bond donors (Lipinski definition) is 0. The van der Waals surface area contributed by atoms with Crippen molar-refractivity contribution in [1.82, 2.24) is 0 Å². The van der Waals surface area contributed by atoms with Crippen molar-refractivity contribution >= 4 is 97.0 Å². The Kier molecular flexibility index (Phi) is 15.4. The standard InChI is InChI=1S/C59H40.C55H38/c1-59(2)54-28-14-27-44(57(54)52-34-33-37-15-3-6-20-45(37)58(52)59)38-29-31-39(32-30-38)55-48-23-9-11-25-50(48)56(51-26-12-10-24-49(51)55)42-18-13-17-40(35-42)53-36-41-16-4-5-19-43(41)46-21-7-8-22-47(46)53;1-55(2)50-21-11-20-43(53(50)49-33-32-37-13-5-6-15-44(37)54(49)55)38-25-29-40(30-26-38)52-47-18-9-7-16-45(47)51(46-17-8-10-19-48(46)52)39-27-22-36(23-28-39)42-31-24-35-12-3-4-14-41(35)34-42/h3-36H,1-2H3;3-34H,1-2H3. The summed E-state index contributed by atoms with van der Waals surface area (Å²) >= 11 is 0. The summed E-state index contributed by atoms with van der Waals surface area (Å²) in [6.07, 6.45) is 0. The molecule has 2 aliphatic rings. The SMILES string of the molecule is CC1(C)c2cccc(-c3ccc(-c4c5ccccc5c(-c5ccc(-c6ccc7ccccc7c6)cc5)c5ccccc45)cc3)c2-c2ccc3ccccc3c21.CC1(C)c2cccc(-c3ccc(-c4c5ccccc5c(-c5cccc(-c6cc7ccccc7c7ccccc67)c5)c5ccccc45)cc3)c2-c2ccc3ccccc3c21. The molecule has 0 radical (unpaired) electrons. The van der Waals surface area contributed by atoms with Crippen LogP contribution in [0.5, 0.6) is 0 Å². The summed E-state index contributed by atoms with van der Waals surface area (Å²) in [5.41, 5.74) is 31.0.